The molecule has 1 aromatic carbocycles. The number of carbonyl (C=O) groups is 1. The van der Waals surface area contributed by atoms with E-state index in [1.807, 2.05) is 0 Å². The minimum absolute atomic E-state index is 0.191. The predicted molar refractivity (Wildman–Crippen MR) is 75.5 cm³/mol. The van der Waals surface area contributed by atoms with Crippen LogP contribution in [0.4, 0.5) is 0 Å². The summed E-state index contributed by atoms with van der Waals surface area (Å²) >= 11 is 6.41. The molecular weight excluding hydrogens is 298 g/mol. The van der Waals surface area contributed by atoms with Crippen LogP contribution in [0.5, 0.6) is 17.2 Å². The normalized spacial score (nSPS) is 23.9. The van der Waals surface area contributed by atoms with Crippen molar-refractivity contribution >= 4 is 17.6 Å². The molecule has 0 spiro atoms. The van der Waals surface area contributed by atoms with Crippen LogP contribution in [0.3, 0.4) is 0 Å². The van der Waals surface area contributed by atoms with Crippen molar-refractivity contribution in [3.8, 4) is 17.2 Å². The average Bonchev–Trinajstić information content (AvgIpc) is 2.96. The summed E-state index contributed by atoms with van der Waals surface area (Å²) in [5, 5.41) is 12.8. The first-order valence-electron chi connectivity index (χ1n) is 6.74. The summed E-state index contributed by atoms with van der Waals surface area (Å²) in [6.07, 6.45) is 0.456. The van der Waals surface area contributed by atoms with Crippen LogP contribution in [-0.2, 0) is 4.79 Å². The molecule has 2 unspecified atom stereocenters. The Morgan fingerprint density at radius 1 is 1.48 bits per heavy atom. The summed E-state index contributed by atoms with van der Waals surface area (Å²) in [6.45, 7) is 1.31. The van der Waals surface area contributed by atoms with Gasteiger partial charge in [0.05, 0.1) is 18.1 Å². The largest absolute Gasteiger partial charge is 0.495 e. The molecule has 1 aromatic rings. The second kappa shape index (κ2) is 5.61. The van der Waals surface area contributed by atoms with Crippen molar-refractivity contribution in [2.45, 2.75) is 12.5 Å². The topological polar surface area (TPSA) is 77.0 Å². The quantitative estimate of drug-likeness (QED) is 0.887. The van der Waals surface area contributed by atoms with E-state index < -0.39 is 11.9 Å². The minimum atomic E-state index is -0.810. The van der Waals surface area contributed by atoms with Gasteiger partial charge in [0, 0.05) is 24.2 Å². The fourth-order valence-corrected chi connectivity index (χ4v) is 3.12. The van der Waals surface area contributed by atoms with Crippen molar-refractivity contribution in [2.75, 3.05) is 26.9 Å². The molecule has 0 radical (unpaired) electrons. The van der Waals surface area contributed by atoms with Crippen LogP contribution in [0, 0.1) is 5.92 Å². The van der Waals surface area contributed by atoms with Gasteiger partial charge in [-0.05, 0) is 6.42 Å². The lowest BCUT2D eigenvalue weighted by molar-refractivity contribution is -0.141. The van der Waals surface area contributed by atoms with Crippen molar-refractivity contribution in [1.29, 1.82) is 0 Å². The van der Waals surface area contributed by atoms with Gasteiger partial charge in [0.25, 0.3) is 0 Å². The van der Waals surface area contributed by atoms with Crippen LogP contribution in [0.1, 0.15) is 18.0 Å². The van der Waals surface area contributed by atoms with Gasteiger partial charge in [0.15, 0.2) is 11.5 Å². The molecule has 114 valence electrons. The molecule has 7 heteroatoms. The highest BCUT2D eigenvalue weighted by Gasteiger charge is 2.35. The maximum absolute atomic E-state index is 11.1. The van der Waals surface area contributed by atoms with E-state index in [4.69, 9.17) is 30.9 Å². The molecule has 0 bridgehead atoms. The monoisotopic (exact) mass is 313 g/mol. The SMILES string of the molecule is COc1cc2c(c(C3CC(C(=O)O)CN3)c1Cl)OCCO2. The maximum atomic E-state index is 11.1. The standard InChI is InChI=1S/C14H16ClNO5/c1-19-9-5-10-13(21-3-2-20-10)11(12(9)15)8-4-7(6-16-8)14(17)18/h5,7-8,16H,2-4,6H2,1H3,(H,17,18). The molecule has 2 N–H and O–H groups in total. The highest BCUT2D eigenvalue weighted by molar-refractivity contribution is 6.33. The van der Waals surface area contributed by atoms with Gasteiger partial charge in [-0.25, -0.2) is 0 Å². The number of hydrogen-bond donors (Lipinski definition) is 2. The second-order valence-electron chi connectivity index (χ2n) is 5.06. The molecule has 2 atom stereocenters. The van der Waals surface area contributed by atoms with Crippen molar-refractivity contribution in [3.63, 3.8) is 0 Å². The van der Waals surface area contributed by atoms with Crippen LogP contribution < -0.4 is 19.5 Å². The summed E-state index contributed by atoms with van der Waals surface area (Å²) in [5.41, 5.74) is 0.717. The van der Waals surface area contributed by atoms with Crippen molar-refractivity contribution in [2.24, 2.45) is 5.92 Å². The Morgan fingerprint density at radius 2 is 2.24 bits per heavy atom. The molecule has 3 rings (SSSR count). The van der Waals surface area contributed by atoms with Crippen molar-refractivity contribution in [1.82, 2.24) is 5.32 Å². The van der Waals surface area contributed by atoms with E-state index >= 15 is 0 Å². The Kier molecular flexibility index (Phi) is 3.82. The predicted octanol–water partition coefficient (Wildman–Crippen LogP) is 1.85. The van der Waals surface area contributed by atoms with Gasteiger partial charge in [-0.1, -0.05) is 11.6 Å². The van der Waals surface area contributed by atoms with Crippen LogP contribution in [0.25, 0.3) is 0 Å². The zero-order valence-electron chi connectivity index (χ0n) is 11.5. The van der Waals surface area contributed by atoms with Crippen LogP contribution in [-0.4, -0.2) is 37.9 Å². The van der Waals surface area contributed by atoms with E-state index in [2.05, 4.69) is 5.32 Å². The van der Waals surface area contributed by atoms with Gasteiger partial charge in [-0.2, -0.15) is 0 Å². The molecule has 2 aliphatic heterocycles. The molecule has 6 nitrogen and oxygen atoms in total. The second-order valence-corrected chi connectivity index (χ2v) is 5.44. The lowest BCUT2D eigenvalue weighted by Crippen LogP contribution is -2.21. The molecule has 1 saturated heterocycles. The van der Waals surface area contributed by atoms with E-state index in [9.17, 15) is 4.79 Å². The number of nitrogens with one attached hydrogen (secondary N) is 1. The summed E-state index contributed by atoms with van der Waals surface area (Å²) in [7, 11) is 1.53. The molecule has 0 aliphatic carbocycles. The first-order chi connectivity index (χ1) is 10.1. The number of aliphatic carboxylic acids is 1. The zero-order chi connectivity index (χ0) is 15.0. The van der Waals surface area contributed by atoms with E-state index in [-0.39, 0.29) is 6.04 Å². The number of carboxylic acid groups (broad SMARTS) is 1. The maximum Gasteiger partial charge on any atom is 0.307 e. The highest BCUT2D eigenvalue weighted by atomic mass is 35.5. The number of benzene rings is 1. The average molecular weight is 314 g/mol. The molecule has 0 aromatic heterocycles. The van der Waals surface area contributed by atoms with Gasteiger partial charge in [0.1, 0.15) is 19.0 Å². The first-order valence-corrected chi connectivity index (χ1v) is 7.11. The number of fused-ring (bicyclic) bond motifs is 1. The lowest BCUT2D eigenvalue weighted by atomic mass is 9.98. The zero-order valence-corrected chi connectivity index (χ0v) is 12.3. The van der Waals surface area contributed by atoms with E-state index in [0.717, 1.165) is 5.56 Å². The van der Waals surface area contributed by atoms with Gasteiger partial charge >= 0.3 is 5.97 Å². The molecule has 2 aliphatic rings. The third-order valence-electron chi connectivity index (χ3n) is 3.82. The van der Waals surface area contributed by atoms with E-state index in [0.29, 0.717) is 48.5 Å². The van der Waals surface area contributed by atoms with Gasteiger partial charge in [-0.3, -0.25) is 4.79 Å². The molecule has 0 saturated carbocycles. The molecular formula is C14H16ClNO5. The molecule has 1 fully saturated rings. The summed E-state index contributed by atoms with van der Waals surface area (Å²) in [4.78, 5) is 11.1. The van der Waals surface area contributed by atoms with Crippen LogP contribution in [0.2, 0.25) is 5.02 Å². The van der Waals surface area contributed by atoms with E-state index in [1.54, 1.807) is 6.07 Å². The number of hydrogen-bond acceptors (Lipinski definition) is 5. The number of halogens is 1. The van der Waals surface area contributed by atoms with Crippen molar-refractivity contribution in [3.05, 3.63) is 16.7 Å². The number of carboxylic acids is 1. The fraction of sp³-hybridized carbons (Fsp3) is 0.500. The Labute approximate surface area is 126 Å². The summed E-state index contributed by atoms with van der Waals surface area (Å²) < 4.78 is 16.6. The van der Waals surface area contributed by atoms with Gasteiger partial charge in [0.2, 0.25) is 0 Å². The van der Waals surface area contributed by atoms with Crippen LogP contribution in [0.15, 0.2) is 6.07 Å². The summed E-state index contributed by atoms with van der Waals surface area (Å²) in [6, 6.07) is 1.51. The fourth-order valence-electron chi connectivity index (χ4n) is 2.77. The van der Waals surface area contributed by atoms with E-state index in [1.165, 1.54) is 7.11 Å². The lowest BCUT2D eigenvalue weighted by Gasteiger charge is -2.25. The molecule has 2 heterocycles. The number of ether oxygens (including phenoxy) is 3. The number of rotatable bonds is 3. The molecule has 0 amide bonds. The Morgan fingerprint density at radius 3 is 2.90 bits per heavy atom. The van der Waals surface area contributed by atoms with Gasteiger partial charge < -0.3 is 24.6 Å². The highest BCUT2D eigenvalue weighted by Crippen LogP contribution is 2.48. The smallest absolute Gasteiger partial charge is 0.307 e. The minimum Gasteiger partial charge on any atom is -0.495 e. The van der Waals surface area contributed by atoms with Gasteiger partial charge in [-0.15, -0.1) is 0 Å². The summed E-state index contributed by atoms with van der Waals surface area (Å²) in [5.74, 6) is 0.414. The first kappa shape index (κ1) is 14.3. The Hall–Kier alpha value is -1.66. The number of methoxy groups -OCH3 is 1. The van der Waals surface area contributed by atoms with Crippen molar-refractivity contribution < 1.29 is 24.1 Å². The molecule has 21 heavy (non-hydrogen) atoms. The Balaban J connectivity index is 2.02. The third-order valence-corrected chi connectivity index (χ3v) is 4.21. The third kappa shape index (κ3) is 2.49. The Bertz CT molecular complexity index is 577. The van der Waals surface area contributed by atoms with Crippen LogP contribution >= 0.6 is 11.6 Å².